The van der Waals surface area contributed by atoms with Crippen LogP contribution < -0.4 is 11.2 Å². The maximum Gasteiger partial charge on any atom is 0.293 e. The molecule has 0 bridgehead atoms. The zero-order valence-electron chi connectivity index (χ0n) is 18.3. The Hall–Kier alpha value is -2.96. The van der Waals surface area contributed by atoms with Gasteiger partial charge < -0.3 is 5.73 Å². The molecule has 1 aromatic carbocycles. The van der Waals surface area contributed by atoms with Crippen LogP contribution in [0.4, 0.5) is 5.82 Å². The highest BCUT2D eigenvalue weighted by atomic mass is 35.5. The molecule has 1 unspecified atom stereocenters. The number of nitrogens with one attached hydrogen (secondary N) is 1. The molecule has 1 aliphatic rings. The predicted molar refractivity (Wildman–Crippen MR) is 128 cm³/mol. The van der Waals surface area contributed by atoms with Gasteiger partial charge in [0, 0.05) is 17.5 Å². The number of hydrogen-bond donors (Lipinski definition) is 2. The Bertz CT molecular complexity index is 1100. The number of amides is 1. The Balaban J connectivity index is 0.00000306. The van der Waals surface area contributed by atoms with Crippen LogP contribution in [-0.4, -0.2) is 61.2 Å². The Morgan fingerprint density at radius 2 is 2.12 bits per heavy atom. The van der Waals surface area contributed by atoms with Gasteiger partial charge in [0.05, 0.1) is 11.9 Å². The topological polar surface area (TPSA) is 140 Å². The van der Waals surface area contributed by atoms with E-state index in [9.17, 15) is 4.79 Å². The highest BCUT2D eigenvalue weighted by Gasteiger charge is 2.27. The molecule has 1 atom stereocenters. The summed E-state index contributed by atoms with van der Waals surface area (Å²) in [5, 5.41) is 19.7. The number of benzene rings is 1. The average molecular weight is 492 g/mol. The molecule has 13 heteroatoms. The fraction of sp³-hybridized carbons (Fsp3) is 0.400. The third-order valence-corrected chi connectivity index (χ3v) is 6.21. The molecule has 0 aliphatic carbocycles. The van der Waals surface area contributed by atoms with E-state index in [1.54, 1.807) is 18.0 Å². The summed E-state index contributed by atoms with van der Waals surface area (Å²) in [6.07, 6.45) is 6.98. The lowest BCUT2D eigenvalue weighted by Crippen LogP contribution is -2.38. The highest BCUT2D eigenvalue weighted by Crippen LogP contribution is 2.22. The lowest BCUT2D eigenvalue weighted by atomic mass is 10.0. The maximum atomic E-state index is 12.9. The number of nitrogens with zero attached hydrogens (tertiary/aromatic N) is 7. The molecule has 3 heterocycles. The molecule has 176 valence electrons. The van der Waals surface area contributed by atoms with Crippen LogP contribution in [0.3, 0.4) is 0 Å². The van der Waals surface area contributed by atoms with Gasteiger partial charge in [-0.15, -0.1) is 29.3 Å². The van der Waals surface area contributed by atoms with Gasteiger partial charge in [0.2, 0.25) is 11.6 Å². The Morgan fingerprint density at radius 1 is 1.33 bits per heavy atom. The second-order valence-electron chi connectivity index (χ2n) is 7.56. The van der Waals surface area contributed by atoms with Crippen molar-refractivity contribution in [2.45, 2.75) is 43.7 Å². The fourth-order valence-corrected chi connectivity index (χ4v) is 4.03. The molecule has 1 amide bonds. The van der Waals surface area contributed by atoms with Crippen molar-refractivity contribution in [3.8, 4) is 5.82 Å². The summed E-state index contributed by atoms with van der Waals surface area (Å²) in [5.74, 6) is -0.196. The summed E-state index contributed by atoms with van der Waals surface area (Å²) in [6.45, 7) is 3.55. The summed E-state index contributed by atoms with van der Waals surface area (Å²) in [5.41, 5.74) is 9.97. The third kappa shape index (κ3) is 5.70. The molecule has 0 radical (unpaired) electrons. The molecular formula is C20H26ClN9O2S. The van der Waals surface area contributed by atoms with E-state index in [-0.39, 0.29) is 29.7 Å². The van der Waals surface area contributed by atoms with Gasteiger partial charge in [0.1, 0.15) is 0 Å². The van der Waals surface area contributed by atoms with E-state index in [0.29, 0.717) is 18.3 Å². The van der Waals surface area contributed by atoms with Crippen molar-refractivity contribution in [2.75, 3.05) is 18.5 Å². The molecule has 2 aromatic heterocycles. The number of nitrogen functional groups attached to an aromatic ring is 1. The van der Waals surface area contributed by atoms with Crippen LogP contribution in [0.25, 0.3) is 5.82 Å². The van der Waals surface area contributed by atoms with Crippen molar-refractivity contribution in [3.63, 3.8) is 0 Å². The minimum absolute atomic E-state index is 0. The third-order valence-electron chi connectivity index (χ3n) is 5.46. The van der Waals surface area contributed by atoms with Crippen molar-refractivity contribution in [2.24, 2.45) is 5.10 Å². The molecule has 1 fully saturated rings. The average Bonchev–Trinajstić information content (AvgIpc) is 3.41. The van der Waals surface area contributed by atoms with Crippen LogP contribution in [0.15, 0.2) is 38.9 Å². The van der Waals surface area contributed by atoms with Gasteiger partial charge in [-0.1, -0.05) is 23.8 Å². The van der Waals surface area contributed by atoms with Crippen molar-refractivity contribution in [3.05, 3.63) is 41.2 Å². The molecule has 0 spiro atoms. The van der Waals surface area contributed by atoms with E-state index in [1.807, 2.05) is 30.5 Å². The van der Waals surface area contributed by atoms with E-state index >= 15 is 0 Å². The highest BCUT2D eigenvalue weighted by molar-refractivity contribution is 7.98. The van der Waals surface area contributed by atoms with Crippen LogP contribution in [-0.2, 0) is 6.54 Å². The second-order valence-corrected chi connectivity index (χ2v) is 8.44. The van der Waals surface area contributed by atoms with E-state index in [0.717, 1.165) is 29.8 Å². The fourth-order valence-electron chi connectivity index (χ4n) is 3.62. The number of carbonyl (C=O) groups excluding carboxylic acids is 1. The molecule has 0 saturated carbocycles. The van der Waals surface area contributed by atoms with Crippen molar-refractivity contribution in [1.29, 1.82) is 0 Å². The minimum atomic E-state index is -0.470. The summed E-state index contributed by atoms with van der Waals surface area (Å²) in [7, 11) is 0. The predicted octanol–water partition coefficient (Wildman–Crippen LogP) is 2.51. The number of thioether (sulfide) groups is 1. The van der Waals surface area contributed by atoms with E-state index in [2.05, 4.69) is 43.0 Å². The summed E-state index contributed by atoms with van der Waals surface area (Å²) in [4.78, 5) is 16.3. The smallest absolute Gasteiger partial charge is 0.293 e. The SMILES string of the molecule is CSc1ccc(/C=N\NC(=O)c2nnn(-c3nonc3N)c2CN2CCCCC2C)cc1.Cl. The number of anilines is 1. The van der Waals surface area contributed by atoms with Gasteiger partial charge in [-0.3, -0.25) is 9.69 Å². The first-order chi connectivity index (χ1) is 15.6. The molecular weight excluding hydrogens is 466 g/mol. The molecule has 1 aliphatic heterocycles. The molecule has 33 heavy (non-hydrogen) atoms. The number of aromatic nitrogens is 5. The number of rotatable bonds is 7. The lowest BCUT2D eigenvalue weighted by Gasteiger charge is -2.33. The number of nitrogens with two attached hydrogens (primary N) is 1. The Kier molecular flexibility index (Phi) is 8.42. The monoisotopic (exact) mass is 491 g/mol. The maximum absolute atomic E-state index is 12.9. The molecule has 11 nitrogen and oxygen atoms in total. The molecule has 1 saturated heterocycles. The number of hydrazone groups is 1. The van der Waals surface area contributed by atoms with Crippen LogP contribution in [0, 0.1) is 0 Å². The number of hydrogen-bond acceptors (Lipinski definition) is 10. The zero-order valence-corrected chi connectivity index (χ0v) is 20.0. The van der Waals surface area contributed by atoms with Gasteiger partial charge in [0.25, 0.3) is 5.91 Å². The largest absolute Gasteiger partial charge is 0.378 e. The van der Waals surface area contributed by atoms with Crippen LogP contribution >= 0.6 is 24.2 Å². The van der Waals surface area contributed by atoms with Crippen LogP contribution in [0.1, 0.15) is 47.9 Å². The van der Waals surface area contributed by atoms with Gasteiger partial charge >= 0.3 is 0 Å². The second kappa shape index (κ2) is 11.3. The first-order valence-electron chi connectivity index (χ1n) is 10.3. The number of likely N-dealkylation sites (tertiary alicyclic amines) is 1. The molecule has 3 N–H and O–H groups in total. The van der Waals surface area contributed by atoms with Gasteiger partial charge in [-0.25, -0.2) is 10.1 Å². The van der Waals surface area contributed by atoms with E-state index in [4.69, 9.17) is 10.4 Å². The first-order valence-corrected chi connectivity index (χ1v) is 11.5. The van der Waals surface area contributed by atoms with Gasteiger partial charge in [-0.05, 0) is 60.6 Å². The van der Waals surface area contributed by atoms with Crippen molar-refractivity contribution < 1.29 is 9.42 Å². The Labute approximate surface area is 201 Å². The minimum Gasteiger partial charge on any atom is -0.378 e. The van der Waals surface area contributed by atoms with Gasteiger partial charge in [-0.2, -0.15) is 9.78 Å². The van der Waals surface area contributed by atoms with Gasteiger partial charge in [0.15, 0.2) is 5.69 Å². The van der Waals surface area contributed by atoms with Crippen LogP contribution in [0.5, 0.6) is 0 Å². The first kappa shape index (κ1) is 24.7. The lowest BCUT2D eigenvalue weighted by molar-refractivity contribution is 0.0945. The molecule has 4 rings (SSSR count). The van der Waals surface area contributed by atoms with E-state index in [1.165, 1.54) is 11.1 Å². The van der Waals surface area contributed by atoms with Crippen LogP contribution in [0.2, 0.25) is 0 Å². The van der Waals surface area contributed by atoms with Crippen molar-refractivity contribution >= 4 is 42.1 Å². The molecule has 3 aromatic rings. The number of carbonyl (C=O) groups is 1. The Morgan fingerprint density at radius 3 is 2.79 bits per heavy atom. The zero-order chi connectivity index (χ0) is 22.5. The summed E-state index contributed by atoms with van der Waals surface area (Å²) in [6, 6.07) is 8.22. The summed E-state index contributed by atoms with van der Waals surface area (Å²) >= 11 is 1.66. The quantitative estimate of drug-likeness (QED) is 0.289. The number of piperidine rings is 1. The van der Waals surface area contributed by atoms with Crippen molar-refractivity contribution in [1.82, 2.24) is 35.6 Å². The number of halogens is 1. The summed E-state index contributed by atoms with van der Waals surface area (Å²) < 4.78 is 6.12. The normalized spacial score (nSPS) is 16.6. The van der Waals surface area contributed by atoms with E-state index < -0.39 is 5.91 Å². The standard InChI is InChI=1S/C20H25N9O2S.ClH/c1-13-5-3-4-10-28(13)12-16-17(23-27-29(16)19-18(21)25-31-26-19)20(30)24-22-11-14-6-8-15(32-2)9-7-14;/h6-9,11,13H,3-5,10,12H2,1-2H3,(H2,21,25)(H,24,30);1H/b22-11-;.